The molecule has 2 saturated heterocycles. The van der Waals surface area contributed by atoms with Crippen molar-refractivity contribution >= 4 is 47.8 Å². The van der Waals surface area contributed by atoms with E-state index in [0.717, 1.165) is 55.4 Å². The van der Waals surface area contributed by atoms with Crippen LogP contribution in [0.25, 0.3) is 0 Å². The average molecular weight is 679 g/mol. The monoisotopic (exact) mass is 678 g/mol. The Labute approximate surface area is 268 Å². The molecule has 2 heterocycles. The van der Waals surface area contributed by atoms with E-state index in [1.54, 1.807) is 0 Å². The second kappa shape index (κ2) is 17.5. The zero-order valence-corrected chi connectivity index (χ0v) is 26.9. The zero-order valence-electron chi connectivity index (χ0n) is 26.9. The van der Waals surface area contributed by atoms with Gasteiger partial charge >= 0.3 is 47.8 Å². The lowest BCUT2D eigenvalue weighted by molar-refractivity contribution is -0.331. The third-order valence-electron chi connectivity index (χ3n) is 6.15. The Morgan fingerprint density at radius 2 is 0.702 bits per heavy atom. The summed E-state index contributed by atoms with van der Waals surface area (Å²) in [5.41, 5.74) is 0. The molecule has 2 rings (SSSR count). The molecule has 0 unspecified atom stereocenters. The van der Waals surface area contributed by atoms with Gasteiger partial charge < -0.3 is 52.1 Å². The summed E-state index contributed by atoms with van der Waals surface area (Å²) < 4.78 is 59.8. The minimum absolute atomic E-state index is 0.541. The van der Waals surface area contributed by atoms with Gasteiger partial charge in [-0.05, 0) is 0 Å². The van der Waals surface area contributed by atoms with Crippen LogP contribution < -0.4 is 0 Å². The van der Waals surface area contributed by atoms with E-state index >= 15 is 0 Å². The first-order valence-electron chi connectivity index (χ1n) is 14.2. The van der Waals surface area contributed by atoms with E-state index in [0.29, 0.717) is 0 Å². The molecule has 264 valence electrons. The van der Waals surface area contributed by atoms with Crippen LogP contribution in [-0.4, -0.2) is 122 Å². The molecular formula is C28H38O19. The molecule has 0 amide bonds. The Hall–Kier alpha value is -4.36. The Morgan fingerprint density at radius 3 is 1.09 bits per heavy atom. The van der Waals surface area contributed by atoms with E-state index in [1.165, 1.54) is 0 Å². The molecule has 2 fully saturated rings. The summed E-state index contributed by atoms with van der Waals surface area (Å²) in [5.74, 6) is -6.93. The predicted octanol–water partition coefficient (Wildman–Crippen LogP) is -0.831. The second-order valence-corrected chi connectivity index (χ2v) is 10.3. The maximum Gasteiger partial charge on any atom is 0.305 e. The SMILES string of the molecule is CC(=O)OC[C@H]1O[C@@H](OC[C@H]2O[C@@H](OC(C)=O)[C@@H](OC(C)=O)[C@@H](OC(C)=O)[C@H]2OC(C)=O)[C@@H](OC(C)=O)[C@@H](OC(C)=O)[C@H]1OC(C)=O. The molecule has 0 spiro atoms. The van der Waals surface area contributed by atoms with Gasteiger partial charge in [0.05, 0.1) is 6.61 Å². The predicted molar refractivity (Wildman–Crippen MR) is 145 cm³/mol. The van der Waals surface area contributed by atoms with Crippen LogP contribution in [0.1, 0.15) is 55.4 Å². The fraction of sp³-hybridized carbons (Fsp3) is 0.714. The van der Waals surface area contributed by atoms with Gasteiger partial charge in [0, 0.05) is 55.4 Å². The van der Waals surface area contributed by atoms with Crippen LogP contribution in [0.5, 0.6) is 0 Å². The fourth-order valence-electron chi connectivity index (χ4n) is 4.76. The highest BCUT2D eigenvalue weighted by Gasteiger charge is 2.56. The van der Waals surface area contributed by atoms with E-state index in [4.69, 9.17) is 52.1 Å². The molecule has 0 aromatic heterocycles. The standard InChI is InChI=1S/C28H38O19/c1-11(29)37-9-19-21(39-12(2)30)23(41-14(4)32)25(43-16(6)34)27(46-19)38-10-20-22(40-13(3)31)24(42-15(5)33)26(44-17(7)35)28(47-20)45-18(8)36/h19-28H,9-10H2,1-8H3/t19-,20-,21+,22+,23+,24+,25+,26+,27-,28-/m1/s1. The van der Waals surface area contributed by atoms with Crippen LogP contribution in [0, 0.1) is 0 Å². The fourth-order valence-corrected chi connectivity index (χ4v) is 4.76. The zero-order chi connectivity index (χ0) is 35.6. The van der Waals surface area contributed by atoms with Gasteiger partial charge in [0.15, 0.2) is 36.8 Å². The number of hydrogen-bond acceptors (Lipinski definition) is 19. The average Bonchev–Trinajstić information content (AvgIpc) is 2.91. The van der Waals surface area contributed by atoms with E-state index in [-0.39, 0.29) is 0 Å². The summed E-state index contributed by atoms with van der Waals surface area (Å²) in [5, 5.41) is 0. The van der Waals surface area contributed by atoms with Crippen molar-refractivity contribution in [3.8, 4) is 0 Å². The molecule has 0 N–H and O–H groups in total. The maximum absolute atomic E-state index is 12.1. The molecule has 0 aliphatic carbocycles. The quantitative estimate of drug-likeness (QED) is 0.181. The van der Waals surface area contributed by atoms with Gasteiger partial charge in [0.1, 0.15) is 18.8 Å². The van der Waals surface area contributed by atoms with Crippen molar-refractivity contribution in [1.82, 2.24) is 0 Å². The Bertz CT molecular complexity index is 1200. The first kappa shape index (κ1) is 38.8. The summed E-state index contributed by atoms with van der Waals surface area (Å²) in [7, 11) is 0. The first-order valence-corrected chi connectivity index (χ1v) is 14.2. The molecule has 19 nitrogen and oxygen atoms in total. The summed E-state index contributed by atoms with van der Waals surface area (Å²) in [6.45, 7) is 7.09. The van der Waals surface area contributed by atoms with Crippen molar-refractivity contribution in [3.63, 3.8) is 0 Å². The van der Waals surface area contributed by atoms with Gasteiger partial charge in [0.25, 0.3) is 0 Å². The van der Waals surface area contributed by atoms with E-state index < -0.39 is 122 Å². The van der Waals surface area contributed by atoms with Crippen molar-refractivity contribution in [2.24, 2.45) is 0 Å². The number of rotatable bonds is 12. The highest BCUT2D eigenvalue weighted by Crippen LogP contribution is 2.33. The summed E-state index contributed by atoms with van der Waals surface area (Å²) in [6, 6.07) is 0. The highest BCUT2D eigenvalue weighted by molar-refractivity contribution is 5.70. The Balaban J connectivity index is 2.56. The van der Waals surface area contributed by atoms with Crippen LogP contribution in [0.4, 0.5) is 0 Å². The summed E-state index contributed by atoms with van der Waals surface area (Å²) in [6.07, 6.45) is -15.6. The third-order valence-corrected chi connectivity index (χ3v) is 6.15. The lowest BCUT2D eigenvalue weighted by Gasteiger charge is -2.46. The molecule has 2 aliphatic heterocycles. The Kier molecular flexibility index (Phi) is 14.5. The molecule has 0 aromatic carbocycles. The maximum atomic E-state index is 12.1. The number of esters is 8. The number of ether oxygens (including phenoxy) is 11. The lowest BCUT2D eigenvalue weighted by Crippen LogP contribution is -2.65. The number of hydrogen-bond donors (Lipinski definition) is 0. The van der Waals surface area contributed by atoms with Gasteiger partial charge in [-0.25, -0.2) is 0 Å². The van der Waals surface area contributed by atoms with E-state index in [1.807, 2.05) is 0 Å². The molecule has 0 radical (unpaired) electrons. The summed E-state index contributed by atoms with van der Waals surface area (Å²) in [4.78, 5) is 95.9. The van der Waals surface area contributed by atoms with Crippen LogP contribution >= 0.6 is 0 Å². The highest BCUT2D eigenvalue weighted by atomic mass is 16.8. The molecule has 47 heavy (non-hydrogen) atoms. The van der Waals surface area contributed by atoms with Gasteiger partial charge in [-0.3, -0.25) is 38.4 Å². The van der Waals surface area contributed by atoms with Crippen molar-refractivity contribution in [2.45, 2.75) is 117 Å². The molecule has 19 heteroatoms. The minimum atomic E-state index is -1.71. The first-order chi connectivity index (χ1) is 21.9. The summed E-state index contributed by atoms with van der Waals surface area (Å²) >= 11 is 0. The van der Waals surface area contributed by atoms with Gasteiger partial charge in [-0.2, -0.15) is 0 Å². The van der Waals surface area contributed by atoms with Crippen LogP contribution in [0.2, 0.25) is 0 Å². The van der Waals surface area contributed by atoms with Crippen molar-refractivity contribution in [2.75, 3.05) is 13.2 Å². The number of carbonyl (C=O) groups excluding carboxylic acids is 8. The van der Waals surface area contributed by atoms with Gasteiger partial charge in [-0.15, -0.1) is 0 Å². The van der Waals surface area contributed by atoms with Crippen molar-refractivity contribution in [1.29, 1.82) is 0 Å². The molecule has 0 aromatic rings. The van der Waals surface area contributed by atoms with Crippen molar-refractivity contribution in [3.05, 3.63) is 0 Å². The molecule has 10 atom stereocenters. The van der Waals surface area contributed by atoms with E-state index in [9.17, 15) is 38.4 Å². The molecule has 2 aliphatic rings. The smallest absolute Gasteiger partial charge is 0.305 e. The molecule has 0 bridgehead atoms. The molecular weight excluding hydrogens is 640 g/mol. The lowest BCUT2D eigenvalue weighted by atomic mass is 9.97. The minimum Gasteiger partial charge on any atom is -0.463 e. The normalized spacial score (nSPS) is 30.0. The largest absolute Gasteiger partial charge is 0.463 e. The van der Waals surface area contributed by atoms with Crippen LogP contribution in [0.3, 0.4) is 0 Å². The number of carbonyl (C=O) groups is 8. The van der Waals surface area contributed by atoms with Crippen LogP contribution in [0.15, 0.2) is 0 Å². The topological polar surface area (TPSA) is 238 Å². The van der Waals surface area contributed by atoms with Crippen molar-refractivity contribution < 1.29 is 90.5 Å². The molecule has 0 saturated carbocycles. The third kappa shape index (κ3) is 12.1. The van der Waals surface area contributed by atoms with Gasteiger partial charge in [0.2, 0.25) is 12.4 Å². The van der Waals surface area contributed by atoms with E-state index in [2.05, 4.69) is 0 Å². The Morgan fingerprint density at radius 1 is 0.383 bits per heavy atom. The van der Waals surface area contributed by atoms with Gasteiger partial charge in [-0.1, -0.05) is 0 Å². The second-order valence-electron chi connectivity index (χ2n) is 10.3. The van der Waals surface area contributed by atoms with Crippen LogP contribution in [-0.2, 0) is 90.5 Å².